The van der Waals surface area contributed by atoms with Gasteiger partial charge in [0.15, 0.2) is 0 Å². The molecule has 1 aromatic rings. The number of rotatable bonds is 3. The molecule has 3 heteroatoms. The molecule has 0 aromatic heterocycles. The maximum atomic E-state index is 12.2. The van der Waals surface area contributed by atoms with Gasteiger partial charge in [0.25, 0.3) is 5.91 Å². The topological polar surface area (TPSA) is 20.3 Å². The number of benzene rings is 1. The highest BCUT2D eigenvalue weighted by Gasteiger charge is 2.18. The molecule has 0 radical (unpaired) electrons. The molecule has 0 saturated carbocycles. The number of carbonyl (C=O) groups is 1. The smallest absolute Gasteiger partial charge is 0.254 e. The zero-order valence-corrected chi connectivity index (χ0v) is 11.8. The van der Waals surface area contributed by atoms with Gasteiger partial charge in [0.05, 0.1) is 5.56 Å². The maximum absolute atomic E-state index is 12.2. The molecule has 0 saturated heterocycles. The van der Waals surface area contributed by atoms with Crippen molar-refractivity contribution in [3.63, 3.8) is 0 Å². The fraction of sp³-hybridized carbons (Fsp3) is 0.462. The van der Waals surface area contributed by atoms with E-state index in [4.69, 9.17) is 0 Å². The molecule has 0 spiro atoms. The third-order valence-electron chi connectivity index (χ3n) is 2.93. The number of hydrogen-bond acceptors (Lipinski definition) is 1. The van der Waals surface area contributed by atoms with Gasteiger partial charge in [-0.15, -0.1) is 0 Å². The lowest BCUT2D eigenvalue weighted by atomic mass is 10.1. The Kier molecular flexibility index (Phi) is 4.54. The van der Waals surface area contributed by atoms with Crippen LogP contribution in [0.2, 0.25) is 0 Å². The van der Waals surface area contributed by atoms with E-state index < -0.39 is 0 Å². The Balaban J connectivity index is 2.96. The average molecular weight is 284 g/mol. The summed E-state index contributed by atoms with van der Waals surface area (Å²) < 4.78 is 0.868. The SMILES string of the molecule is CCC(C)N(C)C(=O)c1ccc(C)cc1Br. The van der Waals surface area contributed by atoms with E-state index >= 15 is 0 Å². The second kappa shape index (κ2) is 5.48. The molecule has 2 nitrogen and oxygen atoms in total. The van der Waals surface area contributed by atoms with Crippen molar-refractivity contribution < 1.29 is 4.79 Å². The Bertz CT molecular complexity index is 390. The van der Waals surface area contributed by atoms with Gasteiger partial charge in [-0.05, 0) is 53.9 Å². The van der Waals surface area contributed by atoms with Gasteiger partial charge >= 0.3 is 0 Å². The molecule has 0 bridgehead atoms. The summed E-state index contributed by atoms with van der Waals surface area (Å²) in [6, 6.07) is 6.07. The van der Waals surface area contributed by atoms with E-state index in [-0.39, 0.29) is 11.9 Å². The highest BCUT2D eigenvalue weighted by molar-refractivity contribution is 9.10. The number of amides is 1. The first kappa shape index (κ1) is 13.2. The van der Waals surface area contributed by atoms with Crippen LogP contribution in [0, 0.1) is 6.92 Å². The second-order valence-corrected chi connectivity index (χ2v) is 5.01. The minimum Gasteiger partial charge on any atom is -0.339 e. The first-order valence-electron chi connectivity index (χ1n) is 5.50. The van der Waals surface area contributed by atoms with Gasteiger partial charge in [0, 0.05) is 17.6 Å². The van der Waals surface area contributed by atoms with Crippen LogP contribution in [-0.2, 0) is 0 Å². The van der Waals surface area contributed by atoms with Crippen molar-refractivity contribution in [2.45, 2.75) is 33.2 Å². The van der Waals surface area contributed by atoms with Crippen LogP contribution in [0.5, 0.6) is 0 Å². The Morgan fingerprint density at radius 3 is 2.62 bits per heavy atom. The van der Waals surface area contributed by atoms with E-state index in [0.717, 1.165) is 22.0 Å². The van der Waals surface area contributed by atoms with Crippen molar-refractivity contribution in [2.75, 3.05) is 7.05 Å². The van der Waals surface area contributed by atoms with Crippen LogP contribution in [0.1, 0.15) is 36.2 Å². The largest absolute Gasteiger partial charge is 0.339 e. The molecular formula is C13H18BrNO. The van der Waals surface area contributed by atoms with Crippen LogP contribution < -0.4 is 0 Å². The van der Waals surface area contributed by atoms with Crippen LogP contribution >= 0.6 is 15.9 Å². The minimum atomic E-state index is 0.0706. The Morgan fingerprint density at radius 1 is 1.50 bits per heavy atom. The quantitative estimate of drug-likeness (QED) is 0.830. The molecule has 0 aliphatic carbocycles. The van der Waals surface area contributed by atoms with Crippen molar-refractivity contribution in [3.8, 4) is 0 Å². The van der Waals surface area contributed by atoms with Gasteiger partial charge < -0.3 is 4.90 Å². The lowest BCUT2D eigenvalue weighted by molar-refractivity contribution is 0.0739. The standard InChI is InChI=1S/C13H18BrNO/c1-5-10(3)15(4)13(16)11-7-6-9(2)8-12(11)14/h6-8,10H,5H2,1-4H3. The predicted octanol–water partition coefficient (Wildman–Crippen LogP) is 3.63. The van der Waals surface area contributed by atoms with Gasteiger partial charge in [-0.1, -0.05) is 13.0 Å². The molecule has 16 heavy (non-hydrogen) atoms. The van der Waals surface area contributed by atoms with Crippen LogP contribution in [0.15, 0.2) is 22.7 Å². The molecule has 0 aliphatic rings. The Hall–Kier alpha value is -0.830. The molecule has 1 rings (SSSR count). The minimum absolute atomic E-state index is 0.0706. The predicted molar refractivity (Wildman–Crippen MR) is 70.7 cm³/mol. The number of hydrogen-bond donors (Lipinski definition) is 0. The maximum Gasteiger partial charge on any atom is 0.254 e. The summed E-state index contributed by atoms with van der Waals surface area (Å²) in [7, 11) is 1.85. The normalized spacial score (nSPS) is 12.3. The van der Waals surface area contributed by atoms with E-state index in [0.29, 0.717) is 0 Å². The van der Waals surface area contributed by atoms with Crippen molar-refractivity contribution in [2.24, 2.45) is 0 Å². The van der Waals surface area contributed by atoms with Gasteiger partial charge in [-0.3, -0.25) is 4.79 Å². The highest BCUT2D eigenvalue weighted by Crippen LogP contribution is 2.20. The lowest BCUT2D eigenvalue weighted by Gasteiger charge is -2.24. The summed E-state index contributed by atoms with van der Waals surface area (Å²) in [5.41, 5.74) is 1.88. The average Bonchev–Trinajstić information content (AvgIpc) is 2.26. The number of nitrogens with zero attached hydrogens (tertiary/aromatic N) is 1. The van der Waals surface area contributed by atoms with E-state index in [9.17, 15) is 4.79 Å². The first-order valence-corrected chi connectivity index (χ1v) is 6.30. The first-order chi connectivity index (χ1) is 7.47. The zero-order chi connectivity index (χ0) is 12.3. The molecule has 0 aliphatic heterocycles. The zero-order valence-electron chi connectivity index (χ0n) is 10.2. The van der Waals surface area contributed by atoms with Gasteiger partial charge in [-0.25, -0.2) is 0 Å². The molecule has 0 fully saturated rings. The van der Waals surface area contributed by atoms with Crippen LogP contribution in [0.3, 0.4) is 0 Å². The number of carbonyl (C=O) groups excluding carboxylic acids is 1. The number of aryl methyl sites for hydroxylation is 1. The van der Waals surface area contributed by atoms with E-state index in [1.165, 1.54) is 0 Å². The molecule has 1 aromatic carbocycles. The number of halogens is 1. The van der Waals surface area contributed by atoms with Crippen LogP contribution in [0.25, 0.3) is 0 Å². The summed E-state index contributed by atoms with van der Waals surface area (Å²) in [4.78, 5) is 14.0. The van der Waals surface area contributed by atoms with Crippen LogP contribution in [-0.4, -0.2) is 23.9 Å². The summed E-state index contributed by atoms with van der Waals surface area (Å²) in [5.74, 6) is 0.0706. The van der Waals surface area contributed by atoms with Crippen LogP contribution in [0.4, 0.5) is 0 Å². The third-order valence-corrected chi connectivity index (χ3v) is 3.58. The van der Waals surface area contributed by atoms with Crippen molar-refractivity contribution >= 4 is 21.8 Å². The van der Waals surface area contributed by atoms with E-state index in [1.807, 2.05) is 32.2 Å². The van der Waals surface area contributed by atoms with Crippen molar-refractivity contribution in [1.29, 1.82) is 0 Å². The summed E-state index contributed by atoms with van der Waals surface area (Å²) in [6.07, 6.45) is 0.964. The lowest BCUT2D eigenvalue weighted by Crippen LogP contribution is -2.34. The molecule has 0 heterocycles. The van der Waals surface area contributed by atoms with E-state index in [2.05, 4.69) is 29.8 Å². The highest BCUT2D eigenvalue weighted by atomic mass is 79.9. The fourth-order valence-electron chi connectivity index (χ4n) is 1.46. The summed E-state index contributed by atoms with van der Waals surface area (Å²) >= 11 is 3.44. The van der Waals surface area contributed by atoms with Crippen molar-refractivity contribution in [1.82, 2.24) is 4.90 Å². The van der Waals surface area contributed by atoms with Gasteiger partial charge in [0.2, 0.25) is 0 Å². The monoisotopic (exact) mass is 283 g/mol. The molecule has 0 N–H and O–H groups in total. The third kappa shape index (κ3) is 2.85. The molecule has 1 amide bonds. The van der Waals surface area contributed by atoms with Gasteiger partial charge in [-0.2, -0.15) is 0 Å². The fourth-order valence-corrected chi connectivity index (χ4v) is 2.12. The Morgan fingerprint density at radius 2 is 2.12 bits per heavy atom. The summed E-state index contributed by atoms with van der Waals surface area (Å²) in [6.45, 7) is 6.15. The second-order valence-electron chi connectivity index (χ2n) is 4.16. The summed E-state index contributed by atoms with van der Waals surface area (Å²) in [5, 5.41) is 0. The molecule has 1 atom stereocenters. The molecular weight excluding hydrogens is 266 g/mol. The Labute approximate surface area is 106 Å². The van der Waals surface area contributed by atoms with Crippen molar-refractivity contribution in [3.05, 3.63) is 33.8 Å². The molecule has 1 unspecified atom stereocenters. The van der Waals surface area contributed by atoms with Gasteiger partial charge in [0.1, 0.15) is 0 Å². The van der Waals surface area contributed by atoms with E-state index in [1.54, 1.807) is 4.90 Å². The molecule has 88 valence electrons.